The van der Waals surface area contributed by atoms with Crippen molar-refractivity contribution in [1.82, 2.24) is 0 Å². The van der Waals surface area contributed by atoms with Gasteiger partial charge in [-0.05, 0) is 193 Å². The van der Waals surface area contributed by atoms with Gasteiger partial charge in [-0.1, -0.05) is 448 Å². The van der Waals surface area contributed by atoms with Crippen molar-refractivity contribution in [2.45, 2.75) is 25.7 Å². The van der Waals surface area contributed by atoms with Crippen LogP contribution in [0.25, 0.3) is 177 Å². The smallest absolute Gasteiger partial charge is 0.143 e. The van der Waals surface area contributed by atoms with Gasteiger partial charge in [-0.2, -0.15) is 0 Å². The highest BCUT2D eigenvalue weighted by Gasteiger charge is 2.23. The predicted octanol–water partition coefficient (Wildman–Crippen LogP) is 33.1. The molecule has 0 aliphatic heterocycles. The van der Waals surface area contributed by atoms with Gasteiger partial charge in [0.25, 0.3) is 0 Å². The van der Waals surface area contributed by atoms with Gasteiger partial charge in [-0.25, -0.2) is 0 Å². The van der Waals surface area contributed by atoms with Crippen LogP contribution in [0.15, 0.2) is 470 Å². The van der Waals surface area contributed by atoms with Gasteiger partial charge in [-0.3, -0.25) is 0 Å². The monoisotopic (exact) mass is 1560 g/mol. The fourth-order valence-corrected chi connectivity index (χ4v) is 18.2. The summed E-state index contributed by atoms with van der Waals surface area (Å²) in [5.41, 5.74) is 37.7. The molecule has 2 aromatic heterocycles. The zero-order valence-electron chi connectivity index (χ0n) is 67.8. The molecule has 0 unspecified atom stereocenters. The number of furan rings is 2. The van der Waals surface area contributed by atoms with Crippen LogP contribution >= 0.6 is 0 Å². The molecule has 0 spiro atoms. The second-order valence-electron chi connectivity index (χ2n) is 32.3. The highest BCUT2D eigenvalue weighted by atomic mass is 16.3. The first-order chi connectivity index (χ1) is 60.2. The SMILES string of the molecule is Cc1ccc(-c2cccc(-c3ccc(C(c4ccc(-c5cccc(-c6ccc(C)cc6)c5)cc4)c4ccc(-c5cccc6c5oc5ccccc56)cc4)cc3)c2)cc1.c1ccc2c(-c3ccc(-c4ccc(C(c5ccc(-c6ccc(-c7cccc8ccccc78)cc6)cc5)c5ccc(-c6cccc7c6oc6ccccc67)cc5)cc4)cc3)cccc2c1. The fraction of sp³-hybridized carbons (Fsp3) is 0.0333. The van der Waals surface area contributed by atoms with Crippen LogP contribution in [-0.2, 0) is 0 Å². The van der Waals surface area contributed by atoms with E-state index in [-0.39, 0.29) is 11.8 Å². The molecular formula is C120H84O2. The number of hydrogen-bond donors (Lipinski definition) is 0. The lowest BCUT2D eigenvalue weighted by atomic mass is 9.83. The molecule has 20 aromatic carbocycles. The lowest BCUT2D eigenvalue weighted by Gasteiger charge is -2.20. The van der Waals surface area contributed by atoms with E-state index >= 15 is 0 Å². The van der Waals surface area contributed by atoms with Crippen molar-refractivity contribution in [2.24, 2.45) is 0 Å². The van der Waals surface area contributed by atoms with E-state index in [1.807, 2.05) is 24.3 Å². The van der Waals surface area contributed by atoms with Crippen molar-refractivity contribution in [2.75, 3.05) is 0 Å². The molecule has 0 N–H and O–H groups in total. The zero-order chi connectivity index (χ0) is 81.4. The summed E-state index contributed by atoms with van der Waals surface area (Å²) in [5, 5.41) is 9.63. The Kier molecular flexibility index (Phi) is 19.7. The molecule has 0 amide bonds. The van der Waals surface area contributed by atoms with Crippen LogP contribution in [0.5, 0.6) is 0 Å². The highest BCUT2D eigenvalue weighted by molar-refractivity contribution is 6.11. The van der Waals surface area contributed by atoms with Gasteiger partial charge in [0.2, 0.25) is 0 Å². The Labute approximate surface area is 711 Å². The van der Waals surface area contributed by atoms with Gasteiger partial charge < -0.3 is 8.83 Å². The van der Waals surface area contributed by atoms with Gasteiger partial charge in [0.15, 0.2) is 0 Å². The van der Waals surface area contributed by atoms with Gasteiger partial charge >= 0.3 is 0 Å². The Morgan fingerprint density at radius 2 is 0.369 bits per heavy atom. The Bertz CT molecular complexity index is 7230. The first kappa shape index (κ1) is 74.1. The van der Waals surface area contributed by atoms with Crippen molar-refractivity contribution in [3.8, 4) is 111 Å². The minimum atomic E-state index is 0.0293. The van der Waals surface area contributed by atoms with Crippen LogP contribution in [0, 0.1) is 13.8 Å². The maximum Gasteiger partial charge on any atom is 0.143 e. The Morgan fingerprint density at radius 3 is 0.697 bits per heavy atom. The quantitative estimate of drug-likeness (QED) is 0.0902. The summed E-state index contributed by atoms with van der Waals surface area (Å²) in [6.07, 6.45) is 0. The minimum absolute atomic E-state index is 0.0293. The summed E-state index contributed by atoms with van der Waals surface area (Å²) >= 11 is 0. The fourth-order valence-electron chi connectivity index (χ4n) is 18.2. The summed E-state index contributed by atoms with van der Waals surface area (Å²) in [6.45, 7) is 4.26. The molecule has 0 bridgehead atoms. The third-order valence-electron chi connectivity index (χ3n) is 24.7. The topological polar surface area (TPSA) is 26.3 Å². The lowest BCUT2D eigenvalue weighted by molar-refractivity contribution is 0.669. The minimum Gasteiger partial charge on any atom is -0.455 e. The standard InChI is InChI=1S/C63H42O.C57H42O/c1-3-14-54-46(10-1)12-7-17-56(54)48-30-22-42(23-31-48)44-26-36-51(37-27-44)62(53-40-34-50(35-41-53)58-19-9-20-60-59-16-5-6-21-61(59)64-63(58)60)52-38-28-45(29-39-52)43-24-32-49(33-25-43)57-18-8-13-47-11-2-4-15-55(47)57;1-38-16-20-40(21-17-38)48-8-5-10-50(36-48)42-24-30-45(31-25-42)56(46-32-26-43(27-33-46)51-11-6-9-49(37-51)41-22-18-39(2)19-23-41)47-34-28-44(29-35-47)52-13-7-14-54-53-12-3-4-15-55(53)58-57(52)54/h1-41,62H;3-37,56H,1-2H3. The molecule has 22 rings (SSSR count). The summed E-state index contributed by atoms with van der Waals surface area (Å²) in [5.74, 6) is 0.0681. The molecule has 2 heterocycles. The van der Waals surface area contributed by atoms with E-state index < -0.39 is 0 Å². The van der Waals surface area contributed by atoms with E-state index in [4.69, 9.17) is 8.83 Å². The maximum atomic E-state index is 6.44. The molecular weight excluding hydrogens is 1470 g/mol. The average Bonchev–Trinajstić information content (AvgIpc) is 1.60. The van der Waals surface area contributed by atoms with Crippen molar-refractivity contribution >= 4 is 65.4 Å². The van der Waals surface area contributed by atoms with Gasteiger partial charge in [-0.15, -0.1) is 0 Å². The van der Waals surface area contributed by atoms with Crippen LogP contribution in [0.4, 0.5) is 0 Å². The number of para-hydroxylation sites is 4. The maximum absolute atomic E-state index is 6.44. The molecule has 2 nitrogen and oxygen atoms in total. The van der Waals surface area contributed by atoms with Gasteiger partial charge in [0, 0.05) is 44.5 Å². The van der Waals surface area contributed by atoms with Crippen LogP contribution < -0.4 is 0 Å². The molecule has 22 aromatic rings. The summed E-state index contributed by atoms with van der Waals surface area (Å²) in [6, 6.07) is 168. The number of fused-ring (bicyclic) bond motifs is 8. The van der Waals surface area contributed by atoms with Gasteiger partial charge in [0.1, 0.15) is 22.3 Å². The highest BCUT2D eigenvalue weighted by Crippen LogP contribution is 2.44. The molecule has 0 radical (unpaired) electrons. The van der Waals surface area contributed by atoms with E-state index in [2.05, 4.69) is 451 Å². The van der Waals surface area contributed by atoms with Crippen molar-refractivity contribution in [3.05, 3.63) is 506 Å². The van der Waals surface area contributed by atoms with Crippen LogP contribution in [0.3, 0.4) is 0 Å². The first-order valence-electron chi connectivity index (χ1n) is 42.2. The summed E-state index contributed by atoms with van der Waals surface area (Å²) in [7, 11) is 0. The second kappa shape index (κ2) is 32.4. The third kappa shape index (κ3) is 14.6. The number of benzene rings is 20. The van der Waals surface area contributed by atoms with E-state index in [0.29, 0.717) is 0 Å². The molecule has 0 atom stereocenters. The molecule has 0 saturated heterocycles. The molecule has 2 heteroatoms. The van der Waals surface area contributed by atoms with E-state index in [0.717, 1.165) is 66.1 Å². The normalized spacial score (nSPS) is 11.5. The third-order valence-corrected chi connectivity index (χ3v) is 24.7. The van der Waals surface area contributed by atoms with E-state index in [1.165, 1.54) is 155 Å². The predicted molar refractivity (Wildman–Crippen MR) is 514 cm³/mol. The molecule has 576 valence electrons. The first-order valence-corrected chi connectivity index (χ1v) is 42.2. The molecule has 122 heavy (non-hydrogen) atoms. The Morgan fingerprint density at radius 1 is 0.156 bits per heavy atom. The Balaban J connectivity index is 0.000000151. The number of hydrogen-bond acceptors (Lipinski definition) is 2. The molecule has 0 fully saturated rings. The van der Waals surface area contributed by atoms with Crippen LogP contribution in [0.1, 0.15) is 56.3 Å². The number of rotatable bonds is 16. The average molecular weight is 1560 g/mol. The van der Waals surface area contributed by atoms with E-state index in [1.54, 1.807) is 0 Å². The van der Waals surface area contributed by atoms with Crippen LogP contribution in [0.2, 0.25) is 0 Å². The summed E-state index contributed by atoms with van der Waals surface area (Å²) < 4.78 is 12.9. The van der Waals surface area contributed by atoms with E-state index in [9.17, 15) is 0 Å². The zero-order valence-corrected chi connectivity index (χ0v) is 67.8. The number of aryl methyl sites for hydroxylation is 2. The van der Waals surface area contributed by atoms with Crippen molar-refractivity contribution in [1.29, 1.82) is 0 Å². The largest absolute Gasteiger partial charge is 0.455 e. The van der Waals surface area contributed by atoms with Crippen molar-refractivity contribution < 1.29 is 8.83 Å². The van der Waals surface area contributed by atoms with Crippen LogP contribution in [-0.4, -0.2) is 0 Å². The molecule has 0 aliphatic carbocycles. The van der Waals surface area contributed by atoms with Crippen molar-refractivity contribution in [3.63, 3.8) is 0 Å². The molecule has 0 aliphatic rings. The molecule has 0 saturated carbocycles. The second-order valence-corrected chi connectivity index (χ2v) is 32.3. The summed E-state index contributed by atoms with van der Waals surface area (Å²) in [4.78, 5) is 0. The lowest BCUT2D eigenvalue weighted by Crippen LogP contribution is -2.03. The Hall–Kier alpha value is -15.5. The van der Waals surface area contributed by atoms with Gasteiger partial charge in [0.05, 0.1) is 0 Å².